The van der Waals surface area contributed by atoms with E-state index in [1.54, 1.807) is 0 Å². The van der Waals surface area contributed by atoms with Gasteiger partial charge in [0, 0.05) is 6.61 Å². The van der Waals surface area contributed by atoms with Crippen LogP contribution in [0, 0.1) is 11.8 Å². The Morgan fingerprint density at radius 2 is 2.07 bits per heavy atom. The molecule has 3 nitrogen and oxygen atoms in total. The van der Waals surface area contributed by atoms with Crippen molar-refractivity contribution in [3.05, 3.63) is 0 Å². The van der Waals surface area contributed by atoms with Crippen molar-refractivity contribution in [2.75, 3.05) is 6.61 Å². The van der Waals surface area contributed by atoms with Crippen LogP contribution in [0.2, 0.25) is 0 Å². The third-order valence-corrected chi connectivity index (χ3v) is 4.26. The fourth-order valence-corrected chi connectivity index (χ4v) is 3.16. The van der Waals surface area contributed by atoms with Gasteiger partial charge in [-0.05, 0) is 38.0 Å². The third kappa shape index (κ3) is 1.89. The number of carbonyl (C=O) groups is 1. The smallest absolute Gasteiger partial charge is 0.309 e. The first-order valence-corrected chi connectivity index (χ1v) is 6.05. The van der Waals surface area contributed by atoms with Gasteiger partial charge in [-0.15, -0.1) is 0 Å². The van der Waals surface area contributed by atoms with E-state index < -0.39 is 5.97 Å². The summed E-state index contributed by atoms with van der Waals surface area (Å²) in [4.78, 5) is 11.1. The van der Waals surface area contributed by atoms with Crippen LogP contribution in [0.25, 0.3) is 0 Å². The van der Waals surface area contributed by atoms with Gasteiger partial charge in [0.15, 0.2) is 0 Å². The zero-order valence-corrected chi connectivity index (χ0v) is 9.37. The van der Waals surface area contributed by atoms with E-state index >= 15 is 0 Å². The van der Waals surface area contributed by atoms with E-state index in [9.17, 15) is 9.90 Å². The van der Waals surface area contributed by atoms with E-state index in [1.807, 2.05) is 0 Å². The van der Waals surface area contributed by atoms with E-state index in [1.165, 1.54) is 6.42 Å². The molecule has 1 aliphatic heterocycles. The van der Waals surface area contributed by atoms with Crippen LogP contribution in [0.1, 0.15) is 45.4 Å². The highest BCUT2D eigenvalue weighted by Gasteiger charge is 2.49. The molecule has 1 heterocycles. The predicted octanol–water partition coefficient (Wildman–Crippen LogP) is 2.45. The molecule has 1 saturated carbocycles. The molecule has 3 heteroatoms. The van der Waals surface area contributed by atoms with Gasteiger partial charge in [-0.1, -0.05) is 13.3 Å². The van der Waals surface area contributed by atoms with Gasteiger partial charge >= 0.3 is 5.97 Å². The number of hydrogen-bond donors (Lipinski definition) is 1. The summed E-state index contributed by atoms with van der Waals surface area (Å²) in [6, 6.07) is 0. The van der Waals surface area contributed by atoms with Crippen LogP contribution in [0.3, 0.4) is 0 Å². The highest BCUT2D eigenvalue weighted by atomic mass is 16.5. The summed E-state index contributed by atoms with van der Waals surface area (Å²) >= 11 is 0. The molecule has 0 aromatic rings. The van der Waals surface area contributed by atoms with Crippen molar-refractivity contribution in [1.82, 2.24) is 0 Å². The number of ether oxygens (including phenoxy) is 1. The summed E-state index contributed by atoms with van der Waals surface area (Å²) in [5.74, 6) is -0.132. The van der Waals surface area contributed by atoms with Gasteiger partial charge in [-0.3, -0.25) is 4.79 Å². The quantitative estimate of drug-likeness (QED) is 0.764. The standard InChI is InChI=1S/C12H20O3/c1-2-9-3-6-12(7-4-9)10(11(13)14)5-8-15-12/h9-10H,2-8H2,1H3,(H,13,14). The molecule has 0 aromatic heterocycles. The Morgan fingerprint density at radius 3 is 2.60 bits per heavy atom. The van der Waals surface area contributed by atoms with Gasteiger partial charge in [0.25, 0.3) is 0 Å². The number of hydrogen-bond acceptors (Lipinski definition) is 2. The molecule has 0 aromatic carbocycles. The van der Waals surface area contributed by atoms with Crippen molar-refractivity contribution < 1.29 is 14.6 Å². The summed E-state index contributed by atoms with van der Waals surface area (Å²) < 4.78 is 5.77. The Labute approximate surface area is 90.8 Å². The number of rotatable bonds is 2. The van der Waals surface area contributed by atoms with Crippen molar-refractivity contribution in [3.8, 4) is 0 Å². The van der Waals surface area contributed by atoms with Crippen LogP contribution in [0.4, 0.5) is 0 Å². The molecule has 1 spiro atoms. The molecule has 0 bridgehead atoms. The van der Waals surface area contributed by atoms with Crippen molar-refractivity contribution in [3.63, 3.8) is 0 Å². The fraction of sp³-hybridized carbons (Fsp3) is 0.917. The van der Waals surface area contributed by atoms with E-state index in [4.69, 9.17) is 4.74 Å². The van der Waals surface area contributed by atoms with E-state index in [0.29, 0.717) is 13.0 Å². The average Bonchev–Trinajstić information content (AvgIpc) is 2.63. The summed E-state index contributed by atoms with van der Waals surface area (Å²) in [6.45, 7) is 2.85. The summed E-state index contributed by atoms with van der Waals surface area (Å²) in [7, 11) is 0. The molecule has 0 radical (unpaired) electrons. The molecular weight excluding hydrogens is 192 g/mol. The van der Waals surface area contributed by atoms with Crippen LogP contribution in [0.5, 0.6) is 0 Å². The summed E-state index contributed by atoms with van der Waals surface area (Å²) in [5.41, 5.74) is -0.308. The minimum Gasteiger partial charge on any atom is -0.481 e. The van der Waals surface area contributed by atoms with Gasteiger partial charge in [0.1, 0.15) is 0 Å². The second-order valence-corrected chi connectivity index (χ2v) is 4.94. The highest BCUT2D eigenvalue weighted by molar-refractivity contribution is 5.72. The summed E-state index contributed by atoms with van der Waals surface area (Å²) in [5, 5.41) is 9.17. The highest BCUT2D eigenvalue weighted by Crippen LogP contribution is 2.45. The van der Waals surface area contributed by atoms with E-state index in [-0.39, 0.29) is 11.5 Å². The first-order valence-electron chi connectivity index (χ1n) is 6.05. The van der Waals surface area contributed by atoms with Crippen LogP contribution < -0.4 is 0 Å². The predicted molar refractivity (Wildman–Crippen MR) is 56.7 cm³/mol. The summed E-state index contributed by atoms with van der Waals surface area (Å²) in [6.07, 6.45) is 6.09. The SMILES string of the molecule is CCC1CCC2(CC1)OCCC2C(=O)O. The first kappa shape index (κ1) is 10.9. The maximum Gasteiger partial charge on any atom is 0.309 e. The lowest BCUT2D eigenvalue weighted by Crippen LogP contribution is -2.42. The molecule has 1 saturated heterocycles. The minimum absolute atomic E-state index is 0.254. The number of carboxylic acid groups (broad SMARTS) is 1. The van der Waals surface area contributed by atoms with Crippen molar-refractivity contribution in [2.24, 2.45) is 11.8 Å². The molecule has 86 valence electrons. The van der Waals surface area contributed by atoms with Crippen molar-refractivity contribution in [1.29, 1.82) is 0 Å². The molecule has 1 N–H and O–H groups in total. The molecule has 2 rings (SSSR count). The van der Waals surface area contributed by atoms with Crippen LogP contribution in [-0.4, -0.2) is 23.3 Å². The topological polar surface area (TPSA) is 46.5 Å². The minimum atomic E-state index is -0.664. The Hall–Kier alpha value is -0.570. The average molecular weight is 212 g/mol. The molecular formula is C12H20O3. The number of carboxylic acids is 1. The van der Waals surface area contributed by atoms with Crippen LogP contribution in [0.15, 0.2) is 0 Å². The Morgan fingerprint density at radius 1 is 1.40 bits per heavy atom. The molecule has 15 heavy (non-hydrogen) atoms. The Balaban J connectivity index is 2.04. The van der Waals surface area contributed by atoms with Gasteiger partial charge in [-0.25, -0.2) is 0 Å². The third-order valence-electron chi connectivity index (χ3n) is 4.26. The van der Waals surface area contributed by atoms with Crippen molar-refractivity contribution >= 4 is 5.97 Å². The largest absolute Gasteiger partial charge is 0.481 e. The van der Waals surface area contributed by atoms with Gasteiger partial charge in [-0.2, -0.15) is 0 Å². The molecule has 1 atom stereocenters. The maximum absolute atomic E-state index is 11.1. The Bertz CT molecular complexity index is 241. The number of aliphatic carboxylic acids is 1. The van der Waals surface area contributed by atoms with Crippen molar-refractivity contribution in [2.45, 2.75) is 51.0 Å². The van der Waals surface area contributed by atoms with Gasteiger partial charge in [0.2, 0.25) is 0 Å². The second kappa shape index (κ2) is 4.12. The fourth-order valence-electron chi connectivity index (χ4n) is 3.16. The molecule has 1 aliphatic carbocycles. The Kier molecular flexibility index (Phi) is 3.01. The van der Waals surface area contributed by atoms with Crippen LogP contribution >= 0.6 is 0 Å². The first-order chi connectivity index (χ1) is 7.18. The van der Waals surface area contributed by atoms with Crippen LogP contribution in [-0.2, 0) is 9.53 Å². The zero-order valence-electron chi connectivity index (χ0n) is 9.37. The molecule has 0 amide bonds. The van der Waals surface area contributed by atoms with Gasteiger partial charge < -0.3 is 9.84 Å². The zero-order chi connectivity index (χ0) is 10.9. The second-order valence-electron chi connectivity index (χ2n) is 4.94. The lowest BCUT2D eigenvalue weighted by Gasteiger charge is -2.38. The van der Waals surface area contributed by atoms with E-state index in [2.05, 4.69) is 6.92 Å². The molecule has 2 fully saturated rings. The molecule has 1 unspecified atom stereocenters. The molecule has 2 aliphatic rings. The monoisotopic (exact) mass is 212 g/mol. The lowest BCUT2D eigenvalue weighted by atomic mass is 9.72. The van der Waals surface area contributed by atoms with E-state index in [0.717, 1.165) is 31.6 Å². The maximum atomic E-state index is 11.1. The lowest BCUT2D eigenvalue weighted by molar-refractivity contribution is -0.151. The normalized spacial score (nSPS) is 40.9. The van der Waals surface area contributed by atoms with Gasteiger partial charge in [0.05, 0.1) is 11.5 Å².